The summed E-state index contributed by atoms with van der Waals surface area (Å²) in [5.74, 6) is -0.732. The zero-order valence-electron chi connectivity index (χ0n) is 11.5. The Labute approximate surface area is 113 Å². The largest absolute Gasteiger partial charge is 0.481 e. The van der Waals surface area contributed by atoms with Crippen molar-refractivity contribution in [3.05, 3.63) is 30.1 Å². The smallest absolute Gasteiger partial charge is 0.304 e. The van der Waals surface area contributed by atoms with Crippen LogP contribution in [0.2, 0.25) is 0 Å². The molecule has 1 aromatic heterocycles. The standard InChI is InChI=1S/C14H21N3O2/c1-11-8-16(2)13(7-14(18)19)10-17(11)9-12-5-3-4-6-15-12/h3-6,11,13H,7-10H2,1-2H3,(H,18,19). The number of rotatable bonds is 4. The van der Waals surface area contributed by atoms with Crippen LogP contribution >= 0.6 is 0 Å². The van der Waals surface area contributed by atoms with Gasteiger partial charge < -0.3 is 10.0 Å². The van der Waals surface area contributed by atoms with E-state index in [0.717, 1.165) is 25.3 Å². The lowest BCUT2D eigenvalue weighted by Gasteiger charge is -2.43. The van der Waals surface area contributed by atoms with Crippen molar-refractivity contribution < 1.29 is 9.90 Å². The molecular weight excluding hydrogens is 242 g/mol. The minimum atomic E-state index is -0.732. The van der Waals surface area contributed by atoms with E-state index in [9.17, 15) is 4.79 Å². The van der Waals surface area contributed by atoms with Gasteiger partial charge in [0.05, 0.1) is 12.1 Å². The van der Waals surface area contributed by atoms with Gasteiger partial charge in [-0.2, -0.15) is 0 Å². The van der Waals surface area contributed by atoms with Crippen molar-refractivity contribution in [2.45, 2.75) is 32.0 Å². The zero-order chi connectivity index (χ0) is 13.8. The van der Waals surface area contributed by atoms with Crippen LogP contribution in [0.15, 0.2) is 24.4 Å². The topological polar surface area (TPSA) is 56.7 Å². The van der Waals surface area contributed by atoms with Gasteiger partial charge in [0.15, 0.2) is 0 Å². The molecule has 0 aromatic carbocycles. The van der Waals surface area contributed by atoms with Gasteiger partial charge in [-0.3, -0.25) is 14.7 Å². The second kappa shape index (κ2) is 6.12. The number of aromatic nitrogens is 1. The number of carboxylic acids is 1. The van der Waals surface area contributed by atoms with Crippen LogP contribution in [0.4, 0.5) is 0 Å². The Morgan fingerprint density at radius 3 is 2.89 bits per heavy atom. The number of nitrogens with zero attached hydrogens (tertiary/aromatic N) is 3. The number of hydrogen-bond acceptors (Lipinski definition) is 4. The first-order chi connectivity index (χ1) is 9.06. The highest BCUT2D eigenvalue weighted by Crippen LogP contribution is 2.18. The van der Waals surface area contributed by atoms with Crippen LogP contribution in [0, 0.1) is 0 Å². The summed E-state index contributed by atoms with van der Waals surface area (Å²) in [5, 5.41) is 8.97. The van der Waals surface area contributed by atoms with E-state index in [-0.39, 0.29) is 12.5 Å². The van der Waals surface area contributed by atoms with E-state index in [4.69, 9.17) is 5.11 Å². The van der Waals surface area contributed by atoms with Crippen LogP contribution in [0.25, 0.3) is 0 Å². The lowest BCUT2D eigenvalue weighted by molar-refractivity contribution is -0.139. The molecular formula is C14H21N3O2. The van der Waals surface area contributed by atoms with Crippen molar-refractivity contribution in [1.82, 2.24) is 14.8 Å². The maximum absolute atomic E-state index is 10.9. The lowest BCUT2D eigenvalue weighted by Crippen LogP contribution is -2.56. The Hall–Kier alpha value is -1.46. The monoisotopic (exact) mass is 263 g/mol. The average Bonchev–Trinajstić information content (AvgIpc) is 2.36. The number of hydrogen-bond donors (Lipinski definition) is 1. The van der Waals surface area contributed by atoms with Gasteiger partial charge in [0.25, 0.3) is 0 Å². The van der Waals surface area contributed by atoms with Gasteiger partial charge in [0.2, 0.25) is 0 Å². The second-order valence-electron chi connectivity index (χ2n) is 5.29. The van der Waals surface area contributed by atoms with Gasteiger partial charge in [-0.25, -0.2) is 0 Å². The minimum Gasteiger partial charge on any atom is -0.481 e. The quantitative estimate of drug-likeness (QED) is 0.880. The van der Waals surface area contributed by atoms with Gasteiger partial charge in [-0.15, -0.1) is 0 Å². The van der Waals surface area contributed by atoms with Crippen LogP contribution in [0.5, 0.6) is 0 Å². The molecule has 2 atom stereocenters. The second-order valence-corrected chi connectivity index (χ2v) is 5.29. The van der Waals surface area contributed by atoms with Crippen LogP contribution in [0.1, 0.15) is 19.0 Å². The molecule has 19 heavy (non-hydrogen) atoms. The van der Waals surface area contributed by atoms with Gasteiger partial charge in [-0.1, -0.05) is 6.07 Å². The molecule has 2 unspecified atom stereocenters. The third-order valence-electron chi connectivity index (χ3n) is 3.75. The van der Waals surface area contributed by atoms with Crippen LogP contribution in [0.3, 0.4) is 0 Å². The van der Waals surface area contributed by atoms with Gasteiger partial charge in [0, 0.05) is 37.9 Å². The van der Waals surface area contributed by atoms with Crippen molar-refractivity contribution in [3.8, 4) is 0 Å². The third-order valence-corrected chi connectivity index (χ3v) is 3.75. The van der Waals surface area contributed by atoms with Crippen LogP contribution in [-0.2, 0) is 11.3 Å². The van der Waals surface area contributed by atoms with E-state index in [1.807, 2.05) is 25.2 Å². The molecule has 1 aromatic rings. The predicted octanol–water partition coefficient (Wildman–Crippen LogP) is 1.06. The average molecular weight is 263 g/mol. The Balaban J connectivity index is 2.01. The molecule has 1 fully saturated rings. The predicted molar refractivity (Wildman–Crippen MR) is 72.8 cm³/mol. The van der Waals surface area contributed by atoms with E-state index in [1.54, 1.807) is 6.20 Å². The molecule has 5 nitrogen and oxygen atoms in total. The molecule has 0 radical (unpaired) electrons. The molecule has 0 aliphatic carbocycles. The molecule has 104 valence electrons. The highest BCUT2D eigenvalue weighted by molar-refractivity contribution is 5.67. The molecule has 0 spiro atoms. The van der Waals surface area contributed by atoms with Crippen molar-refractivity contribution in [2.24, 2.45) is 0 Å². The summed E-state index contributed by atoms with van der Waals surface area (Å²) in [4.78, 5) is 19.7. The molecule has 1 aliphatic rings. The van der Waals surface area contributed by atoms with E-state index in [0.29, 0.717) is 6.04 Å². The first-order valence-electron chi connectivity index (χ1n) is 6.62. The lowest BCUT2D eigenvalue weighted by atomic mass is 10.1. The molecule has 2 rings (SSSR count). The highest BCUT2D eigenvalue weighted by Gasteiger charge is 2.30. The number of piperazine rings is 1. The van der Waals surface area contributed by atoms with Crippen molar-refractivity contribution >= 4 is 5.97 Å². The first-order valence-corrected chi connectivity index (χ1v) is 6.62. The molecule has 5 heteroatoms. The summed E-state index contributed by atoms with van der Waals surface area (Å²) in [7, 11) is 2.00. The maximum Gasteiger partial charge on any atom is 0.304 e. The Morgan fingerprint density at radius 2 is 2.26 bits per heavy atom. The van der Waals surface area contributed by atoms with E-state index in [2.05, 4.69) is 21.7 Å². The number of carboxylic acid groups (broad SMARTS) is 1. The summed E-state index contributed by atoms with van der Waals surface area (Å²) in [5.41, 5.74) is 1.04. The number of aliphatic carboxylic acids is 1. The third kappa shape index (κ3) is 3.75. The van der Waals surface area contributed by atoms with Gasteiger partial charge in [-0.05, 0) is 26.1 Å². The molecule has 1 saturated heterocycles. The molecule has 2 heterocycles. The summed E-state index contributed by atoms with van der Waals surface area (Å²) in [6.07, 6.45) is 1.99. The zero-order valence-corrected chi connectivity index (χ0v) is 11.5. The van der Waals surface area contributed by atoms with E-state index >= 15 is 0 Å². The summed E-state index contributed by atoms with van der Waals surface area (Å²) >= 11 is 0. The number of pyridine rings is 1. The van der Waals surface area contributed by atoms with Crippen molar-refractivity contribution in [1.29, 1.82) is 0 Å². The molecule has 0 saturated carbocycles. The minimum absolute atomic E-state index is 0.0809. The fourth-order valence-electron chi connectivity index (χ4n) is 2.61. The molecule has 1 aliphatic heterocycles. The van der Waals surface area contributed by atoms with Crippen LogP contribution in [-0.4, -0.2) is 58.1 Å². The SMILES string of the molecule is CC1CN(C)C(CC(=O)O)CN1Cc1ccccn1. The Bertz CT molecular complexity index is 424. The van der Waals surface area contributed by atoms with Crippen molar-refractivity contribution in [3.63, 3.8) is 0 Å². The first kappa shape index (κ1) is 14.0. The summed E-state index contributed by atoms with van der Waals surface area (Å²) < 4.78 is 0. The summed E-state index contributed by atoms with van der Waals surface area (Å²) in [6, 6.07) is 6.40. The number of carbonyl (C=O) groups is 1. The maximum atomic E-state index is 10.9. The summed E-state index contributed by atoms with van der Waals surface area (Å²) in [6.45, 7) is 4.63. The highest BCUT2D eigenvalue weighted by atomic mass is 16.4. The molecule has 0 amide bonds. The normalized spacial score (nSPS) is 25.4. The fourth-order valence-corrected chi connectivity index (χ4v) is 2.61. The molecule has 0 bridgehead atoms. The molecule has 1 N–H and O–H groups in total. The Kier molecular flexibility index (Phi) is 4.50. The Morgan fingerprint density at radius 1 is 1.47 bits per heavy atom. The van der Waals surface area contributed by atoms with Crippen LogP contribution < -0.4 is 0 Å². The van der Waals surface area contributed by atoms with Gasteiger partial charge in [0.1, 0.15) is 0 Å². The van der Waals surface area contributed by atoms with Gasteiger partial charge >= 0.3 is 5.97 Å². The van der Waals surface area contributed by atoms with E-state index < -0.39 is 5.97 Å². The number of likely N-dealkylation sites (N-methyl/N-ethyl adjacent to an activating group) is 1. The fraction of sp³-hybridized carbons (Fsp3) is 0.571. The van der Waals surface area contributed by atoms with E-state index in [1.165, 1.54) is 0 Å². The van der Waals surface area contributed by atoms with Crippen molar-refractivity contribution in [2.75, 3.05) is 20.1 Å².